The van der Waals surface area contributed by atoms with E-state index in [2.05, 4.69) is 78.1 Å². The van der Waals surface area contributed by atoms with Crippen LogP contribution in [0.2, 0.25) is 0 Å². The molecule has 4 heterocycles. The number of anilines is 1. The molecule has 8 heteroatoms. The molecular weight excluding hydrogens is 429 g/mol. The van der Waals surface area contributed by atoms with Crippen LogP contribution < -0.4 is 5.32 Å². The third-order valence-corrected chi connectivity index (χ3v) is 6.32. The van der Waals surface area contributed by atoms with Crippen molar-refractivity contribution in [1.82, 2.24) is 29.1 Å². The summed E-state index contributed by atoms with van der Waals surface area (Å²) in [4.78, 5) is 18.0. The first-order valence-electron chi connectivity index (χ1n) is 11.6. The quantitative estimate of drug-likeness (QED) is 0.339. The number of imidazole rings is 1. The number of pyridine rings is 1. The Morgan fingerprint density at radius 1 is 1.12 bits per heavy atom. The number of aryl methyl sites for hydroxylation is 1. The molecular formula is C26H28FN7. The van der Waals surface area contributed by atoms with Gasteiger partial charge in [-0.3, -0.25) is 4.98 Å². The van der Waals surface area contributed by atoms with E-state index in [9.17, 15) is 4.39 Å². The van der Waals surface area contributed by atoms with Gasteiger partial charge in [-0.05, 0) is 38.0 Å². The summed E-state index contributed by atoms with van der Waals surface area (Å²) in [7, 11) is 2.08. The summed E-state index contributed by atoms with van der Waals surface area (Å²) in [6.45, 7) is 7.04. The normalized spacial score (nSPS) is 12.6. The van der Waals surface area contributed by atoms with Crippen LogP contribution in [0.4, 0.5) is 10.2 Å². The summed E-state index contributed by atoms with van der Waals surface area (Å²) in [5.74, 6) is 0.919. The van der Waals surface area contributed by atoms with Gasteiger partial charge in [0.15, 0.2) is 17.3 Å². The maximum Gasteiger partial charge on any atom is 0.166 e. The molecule has 0 amide bonds. The Labute approximate surface area is 197 Å². The van der Waals surface area contributed by atoms with Gasteiger partial charge in [0, 0.05) is 54.4 Å². The maximum atomic E-state index is 13.9. The van der Waals surface area contributed by atoms with Crippen LogP contribution in [0, 0.1) is 5.82 Å². The molecule has 0 aliphatic carbocycles. The molecule has 174 valence electrons. The van der Waals surface area contributed by atoms with Gasteiger partial charge in [-0.1, -0.05) is 25.1 Å². The highest BCUT2D eigenvalue weighted by Crippen LogP contribution is 2.31. The lowest BCUT2D eigenvalue weighted by atomic mass is 9.96. The van der Waals surface area contributed by atoms with E-state index < -0.39 is 5.82 Å². The Morgan fingerprint density at radius 3 is 2.71 bits per heavy atom. The molecule has 0 bridgehead atoms. The highest BCUT2D eigenvalue weighted by Gasteiger charge is 2.19. The second-order valence-corrected chi connectivity index (χ2v) is 8.90. The van der Waals surface area contributed by atoms with Gasteiger partial charge in [0.05, 0.1) is 12.5 Å². The lowest BCUT2D eigenvalue weighted by molar-refractivity contribution is 0.612. The molecule has 0 aliphatic rings. The monoisotopic (exact) mass is 457 g/mol. The Morgan fingerprint density at radius 2 is 1.94 bits per heavy atom. The van der Waals surface area contributed by atoms with Gasteiger partial charge in [-0.25, -0.2) is 19.3 Å². The molecule has 5 aromatic rings. The molecule has 0 radical (unpaired) electrons. The minimum Gasteiger partial charge on any atom is -0.367 e. The summed E-state index contributed by atoms with van der Waals surface area (Å²) >= 11 is 0. The predicted octanol–water partition coefficient (Wildman–Crippen LogP) is 5.71. The smallest absolute Gasteiger partial charge is 0.166 e. The van der Waals surface area contributed by atoms with Gasteiger partial charge >= 0.3 is 0 Å². The van der Waals surface area contributed by atoms with Crippen LogP contribution in [-0.2, 0) is 7.05 Å². The zero-order valence-corrected chi connectivity index (χ0v) is 19.8. The number of hydrogen-bond acceptors (Lipinski definition) is 5. The van der Waals surface area contributed by atoms with E-state index in [1.165, 1.54) is 28.7 Å². The van der Waals surface area contributed by atoms with Gasteiger partial charge in [0.2, 0.25) is 0 Å². The Bertz CT molecular complexity index is 1470. The minimum atomic E-state index is -0.421. The molecule has 7 nitrogen and oxygen atoms in total. The van der Waals surface area contributed by atoms with Gasteiger partial charge < -0.3 is 14.5 Å². The fourth-order valence-corrected chi connectivity index (χ4v) is 4.47. The fourth-order valence-electron chi connectivity index (χ4n) is 4.47. The average Bonchev–Trinajstić information content (AvgIpc) is 3.41. The van der Waals surface area contributed by atoms with Gasteiger partial charge in [-0.2, -0.15) is 0 Å². The summed E-state index contributed by atoms with van der Waals surface area (Å²) in [6, 6.07) is 10.0. The molecule has 0 aliphatic heterocycles. The summed E-state index contributed by atoms with van der Waals surface area (Å²) < 4.78 is 18.1. The number of halogens is 1. The number of nitrogens with zero attached hydrogens (tertiary/aromatic N) is 6. The summed E-state index contributed by atoms with van der Waals surface area (Å²) in [5.41, 5.74) is 4.47. The van der Waals surface area contributed by atoms with Crippen molar-refractivity contribution in [3.63, 3.8) is 0 Å². The molecule has 5 rings (SSSR count). The second kappa shape index (κ2) is 8.85. The van der Waals surface area contributed by atoms with Gasteiger partial charge in [0.1, 0.15) is 11.3 Å². The van der Waals surface area contributed by atoms with Crippen molar-refractivity contribution in [2.24, 2.45) is 7.05 Å². The summed E-state index contributed by atoms with van der Waals surface area (Å²) in [6.07, 6.45) is 7.72. The van der Waals surface area contributed by atoms with E-state index in [1.807, 2.05) is 4.57 Å². The zero-order chi connectivity index (χ0) is 23.8. The number of nitrogens with one attached hydrogen (secondary N) is 1. The molecule has 1 aromatic carbocycles. The lowest BCUT2D eigenvalue weighted by Crippen LogP contribution is -2.14. The highest BCUT2D eigenvalue weighted by atomic mass is 19.1. The minimum absolute atomic E-state index is 0.172. The van der Waals surface area contributed by atoms with Crippen LogP contribution in [0.5, 0.6) is 0 Å². The van der Waals surface area contributed by atoms with Crippen LogP contribution in [0.3, 0.4) is 0 Å². The van der Waals surface area contributed by atoms with Gasteiger partial charge in [-0.15, -0.1) is 0 Å². The molecule has 0 saturated carbocycles. The van der Waals surface area contributed by atoms with Crippen molar-refractivity contribution >= 4 is 27.9 Å². The third kappa shape index (κ3) is 3.89. The van der Waals surface area contributed by atoms with Crippen LogP contribution >= 0.6 is 0 Å². The van der Waals surface area contributed by atoms with E-state index in [0.29, 0.717) is 34.9 Å². The number of aromatic nitrogens is 6. The van der Waals surface area contributed by atoms with E-state index in [0.717, 1.165) is 6.42 Å². The van der Waals surface area contributed by atoms with Crippen molar-refractivity contribution in [3.8, 4) is 11.4 Å². The van der Waals surface area contributed by atoms with Crippen molar-refractivity contribution in [1.29, 1.82) is 0 Å². The number of rotatable bonds is 7. The number of fused-ring (bicyclic) bond motifs is 2. The van der Waals surface area contributed by atoms with Crippen molar-refractivity contribution in [3.05, 3.63) is 66.6 Å². The van der Waals surface area contributed by atoms with Crippen LogP contribution in [0.1, 0.15) is 44.7 Å². The van der Waals surface area contributed by atoms with Crippen molar-refractivity contribution in [2.45, 2.75) is 39.2 Å². The molecule has 1 N–H and O–H groups in total. The third-order valence-electron chi connectivity index (χ3n) is 6.32. The Hall–Kier alpha value is -3.81. The first-order chi connectivity index (χ1) is 16.5. The molecule has 4 aromatic heterocycles. The SMILES string of the molecule is CCC(CNc1nc(-c2cncc(F)c2)nc2c1ncn2C(C)C)c1cn(C)c2ccccc12. The lowest BCUT2D eigenvalue weighted by Gasteiger charge is -2.17. The fraction of sp³-hybridized carbons (Fsp3) is 0.308. The molecule has 1 unspecified atom stereocenters. The Kier molecular flexibility index (Phi) is 5.73. The standard InChI is InChI=1S/C26H28FN7/c1-5-17(21-14-33(4)22-9-7-6-8-20(21)22)12-29-25-23-26(34(15-30-23)16(2)3)32-24(31-25)18-10-19(27)13-28-11-18/h6-11,13-17H,5,12H2,1-4H3,(H,29,31,32). The average molecular weight is 458 g/mol. The predicted molar refractivity (Wildman–Crippen MR) is 133 cm³/mol. The molecule has 0 spiro atoms. The van der Waals surface area contributed by atoms with E-state index in [1.54, 1.807) is 12.5 Å². The zero-order valence-electron chi connectivity index (χ0n) is 19.8. The Balaban J connectivity index is 1.54. The van der Waals surface area contributed by atoms with Crippen LogP contribution in [0.25, 0.3) is 33.5 Å². The summed E-state index contributed by atoms with van der Waals surface area (Å²) in [5, 5.41) is 4.80. The molecule has 34 heavy (non-hydrogen) atoms. The van der Waals surface area contributed by atoms with Crippen molar-refractivity contribution in [2.75, 3.05) is 11.9 Å². The molecule has 0 saturated heterocycles. The van der Waals surface area contributed by atoms with Crippen molar-refractivity contribution < 1.29 is 4.39 Å². The first kappa shape index (κ1) is 22.0. The molecule has 1 atom stereocenters. The van der Waals surface area contributed by atoms with E-state index in [-0.39, 0.29) is 12.0 Å². The largest absolute Gasteiger partial charge is 0.367 e. The number of benzene rings is 1. The highest BCUT2D eigenvalue weighted by molar-refractivity contribution is 5.86. The van der Waals surface area contributed by atoms with Crippen LogP contribution in [-0.4, -0.2) is 35.6 Å². The molecule has 0 fully saturated rings. The number of para-hydroxylation sites is 1. The number of hydrogen-bond donors (Lipinski definition) is 1. The van der Waals surface area contributed by atoms with E-state index in [4.69, 9.17) is 9.97 Å². The second-order valence-electron chi connectivity index (χ2n) is 8.90. The van der Waals surface area contributed by atoms with Crippen LogP contribution in [0.15, 0.2) is 55.2 Å². The topological polar surface area (TPSA) is 73.5 Å². The maximum absolute atomic E-state index is 13.9. The first-order valence-corrected chi connectivity index (χ1v) is 11.6. The van der Waals surface area contributed by atoms with E-state index >= 15 is 0 Å². The van der Waals surface area contributed by atoms with Gasteiger partial charge in [0.25, 0.3) is 0 Å².